The molecule has 2 saturated heterocycles. The molecular weight excluding hydrogens is 409 g/mol. The van der Waals surface area contributed by atoms with Crippen LogP contribution >= 0.6 is 11.8 Å². The third kappa shape index (κ3) is 4.90. The minimum atomic E-state index is -4.61. The Morgan fingerprint density at radius 2 is 1.97 bits per heavy atom. The molecule has 156 valence electrons. The fraction of sp³-hybridized carbons (Fsp3) is 0.500. The second-order valence-corrected chi connectivity index (χ2v) is 8.32. The molecule has 2 aliphatic heterocycles. The van der Waals surface area contributed by atoms with Crippen molar-refractivity contribution in [2.75, 3.05) is 23.7 Å². The van der Waals surface area contributed by atoms with E-state index in [1.807, 2.05) is 17.8 Å². The van der Waals surface area contributed by atoms with Crippen LogP contribution in [0, 0.1) is 0 Å². The van der Waals surface area contributed by atoms with Crippen LogP contribution in [-0.4, -0.2) is 67.6 Å². The molecule has 0 bridgehead atoms. The minimum Gasteiger partial charge on any atom is -0.470 e. The van der Waals surface area contributed by atoms with E-state index in [-0.39, 0.29) is 19.0 Å². The molecule has 29 heavy (non-hydrogen) atoms. The van der Waals surface area contributed by atoms with Crippen molar-refractivity contribution in [1.29, 1.82) is 0 Å². The second-order valence-electron chi connectivity index (χ2n) is 6.99. The summed E-state index contributed by atoms with van der Waals surface area (Å²) in [6.45, 7) is 0.177. The Balaban J connectivity index is 1.50. The van der Waals surface area contributed by atoms with Crippen molar-refractivity contribution in [2.24, 2.45) is 0 Å². The molecule has 0 amide bonds. The van der Waals surface area contributed by atoms with Crippen LogP contribution in [0.25, 0.3) is 0 Å². The third-order valence-corrected chi connectivity index (χ3v) is 5.66. The van der Waals surface area contributed by atoms with Crippen molar-refractivity contribution in [3.63, 3.8) is 0 Å². The molecule has 2 aromatic rings. The average Bonchev–Trinajstić information content (AvgIpc) is 3.49. The first-order valence-electron chi connectivity index (χ1n) is 9.05. The highest BCUT2D eigenvalue weighted by Crippen LogP contribution is 2.33. The zero-order valence-electron chi connectivity index (χ0n) is 15.2. The summed E-state index contributed by atoms with van der Waals surface area (Å²) in [7, 11) is 0. The number of pyridine rings is 1. The van der Waals surface area contributed by atoms with Gasteiger partial charge >= 0.3 is 6.18 Å². The first kappa shape index (κ1) is 20.2. The van der Waals surface area contributed by atoms with Gasteiger partial charge in [0.05, 0.1) is 6.54 Å². The van der Waals surface area contributed by atoms with Crippen molar-refractivity contribution < 1.29 is 28.1 Å². The van der Waals surface area contributed by atoms with Gasteiger partial charge in [0.15, 0.2) is 0 Å². The van der Waals surface area contributed by atoms with Gasteiger partial charge in [0.1, 0.15) is 24.0 Å². The average molecular weight is 428 g/mol. The molecule has 0 aromatic carbocycles. The number of hydrogen-bond donors (Lipinski definition) is 2. The molecule has 0 radical (unpaired) electrons. The smallest absolute Gasteiger partial charge is 0.433 e. The number of ether oxygens (including phenoxy) is 1. The number of aromatic nitrogens is 3. The van der Waals surface area contributed by atoms with Crippen LogP contribution in [0.15, 0.2) is 30.5 Å². The molecule has 2 aromatic heterocycles. The van der Waals surface area contributed by atoms with E-state index in [4.69, 9.17) is 4.74 Å². The molecule has 7 nitrogen and oxygen atoms in total. The number of anilines is 1. The van der Waals surface area contributed by atoms with Crippen LogP contribution in [-0.2, 0) is 12.6 Å². The van der Waals surface area contributed by atoms with Crippen molar-refractivity contribution >= 4 is 17.7 Å². The van der Waals surface area contributed by atoms with E-state index in [1.165, 1.54) is 12.1 Å². The maximum atomic E-state index is 12.9. The van der Waals surface area contributed by atoms with E-state index in [0.29, 0.717) is 11.2 Å². The number of piperidine rings is 1. The van der Waals surface area contributed by atoms with Crippen LogP contribution in [0.2, 0.25) is 0 Å². The first-order chi connectivity index (χ1) is 13.8. The number of alkyl halides is 3. The second kappa shape index (κ2) is 7.96. The fourth-order valence-corrected chi connectivity index (χ4v) is 3.66. The lowest BCUT2D eigenvalue weighted by atomic mass is 10.0. The normalized spacial score (nSPS) is 27.0. The van der Waals surface area contributed by atoms with Gasteiger partial charge < -0.3 is 19.8 Å². The number of nitrogens with zero attached hydrogens (tertiary/aromatic N) is 4. The lowest BCUT2D eigenvalue weighted by molar-refractivity contribution is -0.141. The van der Waals surface area contributed by atoms with Crippen LogP contribution in [0.1, 0.15) is 11.4 Å². The Kier molecular flexibility index (Phi) is 5.54. The van der Waals surface area contributed by atoms with E-state index < -0.39 is 30.2 Å². The van der Waals surface area contributed by atoms with Crippen LogP contribution in [0.5, 0.6) is 5.88 Å². The molecule has 2 N–H and O–H groups in total. The van der Waals surface area contributed by atoms with E-state index >= 15 is 0 Å². The lowest BCUT2D eigenvalue weighted by Gasteiger charge is -2.38. The van der Waals surface area contributed by atoms with E-state index in [9.17, 15) is 23.4 Å². The summed E-state index contributed by atoms with van der Waals surface area (Å²) in [6, 6.07) is 5.12. The maximum absolute atomic E-state index is 12.9. The van der Waals surface area contributed by atoms with E-state index in [0.717, 1.165) is 23.9 Å². The lowest BCUT2D eigenvalue weighted by Crippen LogP contribution is -2.58. The largest absolute Gasteiger partial charge is 0.470 e. The van der Waals surface area contributed by atoms with Crippen molar-refractivity contribution in [3.8, 4) is 5.88 Å². The van der Waals surface area contributed by atoms with Gasteiger partial charge in [0.25, 0.3) is 0 Å². The first-order valence-corrected chi connectivity index (χ1v) is 10.1. The van der Waals surface area contributed by atoms with E-state index in [1.54, 1.807) is 11.1 Å². The molecule has 0 saturated carbocycles. The van der Waals surface area contributed by atoms with Crippen molar-refractivity contribution in [2.45, 2.75) is 36.2 Å². The van der Waals surface area contributed by atoms with Crippen molar-refractivity contribution in [3.05, 3.63) is 41.9 Å². The van der Waals surface area contributed by atoms with Gasteiger partial charge in [-0.05, 0) is 12.1 Å². The monoisotopic (exact) mass is 428 g/mol. The predicted octanol–water partition coefficient (Wildman–Crippen LogP) is 1.54. The number of hydrogen-bond acceptors (Lipinski definition) is 8. The topological polar surface area (TPSA) is 91.6 Å². The van der Waals surface area contributed by atoms with Gasteiger partial charge in [0, 0.05) is 41.9 Å². The summed E-state index contributed by atoms with van der Waals surface area (Å²) >= 11 is 1.86. The molecule has 4 rings (SSSR count). The Morgan fingerprint density at radius 1 is 1.17 bits per heavy atom. The number of rotatable bonds is 5. The Hall–Kier alpha value is -2.11. The molecule has 11 heteroatoms. The Bertz CT molecular complexity index is 868. The number of halogens is 3. The summed E-state index contributed by atoms with van der Waals surface area (Å²) in [4.78, 5) is 13.9. The Morgan fingerprint density at radius 3 is 2.69 bits per heavy atom. The number of aliphatic hydroxyl groups excluding tert-OH is 2. The molecule has 0 aliphatic carbocycles. The number of β-amino-alcohol motifs (C(OH)–C–C–N with tert-alkyl or cyclic N) is 1. The number of thioether (sulfide) groups is 1. The van der Waals surface area contributed by atoms with Gasteiger partial charge in [-0.15, -0.1) is 0 Å². The Labute approximate surface area is 169 Å². The van der Waals surface area contributed by atoms with Gasteiger partial charge in [0.2, 0.25) is 11.8 Å². The zero-order chi connectivity index (χ0) is 20.6. The van der Waals surface area contributed by atoms with E-state index in [2.05, 4.69) is 15.0 Å². The molecule has 2 fully saturated rings. The van der Waals surface area contributed by atoms with Crippen LogP contribution in [0.3, 0.4) is 0 Å². The SMILES string of the molecule is O[C@@H]1[C@@H](Oc2cccc(C(F)(F)F)n2)CN(c2nccc(CC3CS3)n2)C[C@@H]1O. The van der Waals surface area contributed by atoms with Gasteiger partial charge in [-0.1, -0.05) is 6.07 Å². The summed E-state index contributed by atoms with van der Waals surface area (Å²) in [5, 5.41) is 21.1. The summed E-state index contributed by atoms with van der Waals surface area (Å²) in [5.41, 5.74) is -0.214. The molecule has 0 spiro atoms. The highest BCUT2D eigenvalue weighted by atomic mass is 32.2. The fourth-order valence-electron chi connectivity index (χ4n) is 3.11. The molecule has 1 unspecified atom stereocenters. The minimum absolute atomic E-state index is 0.0820. The summed E-state index contributed by atoms with van der Waals surface area (Å²) < 4.78 is 44.1. The van der Waals surface area contributed by atoms with Gasteiger partial charge in [-0.25, -0.2) is 15.0 Å². The molecule has 4 heterocycles. The van der Waals surface area contributed by atoms with Crippen LogP contribution in [0.4, 0.5) is 19.1 Å². The quantitative estimate of drug-likeness (QED) is 0.693. The maximum Gasteiger partial charge on any atom is 0.433 e. The zero-order valence-corrected chi connectivity index (χ0v) is 16.0. The highest BCUT2D eigenvalue weighted by Gasteiger charge is 2.38. The standard InChI is InChI=1S/C18H19F3N4O3S/c19-18(20,21)14-2-1-3-15(24-14)28-13-8-25(7-12(26)16(13)27)17-22-5-4-10(23-17)6-11-9-29-11/h1-5,11-13,16,26-27H,6-9H2/t11?,12-,13-,16-/m0/s1. The number of aliphatic hydroxyl groups is 2. The highest BCUT2D eigenvalue weighted by molar-refractivity contribution is 8.06. The third-order valence-electron chi connectivity index (χ3n) is 4.69. The molecular formula is C18H19F3N4O3S. The van der Waals surface area contributed by atoms with Gasteiger partial charge in [-0.2, -0.15) is 24.9 Å². The van der Waals surface area contributed by atoms with Gasteiger partial charge in [-0.3, -0.25) is 0 Å². The van der Waals surface area contributed by atoms with Crippen molar-refractivity contribution in [1.82, 2.24) is 15.0 Å². The molecule has 2 aliphatic rings. The molecule has 4 atom stereocenters. The predicted molar refractivity (Wildman–Crippen MR) is 99.9 cm³/mol. The van der Waals surface area contributed by atoms with Crippen LogP contribution < -0.4 is 9.64 Å². The summed E-state index contributed by atoms with van der Waals surface area (Å²) in [5.74, 6) is 1.21. The summed E-state index contributed by atoms with van der Waals surface area (Å²) in [6.07, 6.45) is -5.61.